The predicted molar refractivity (Wildman–Crippen MR) is 90.5 cm³/mol. The Morgan fingerprint density at radius 1 is 0.913 bits per heavy atom. The van der Waals surface area contributed by atoms with Gasteiger partial charge >= 0.3 is 0 Å². The lowest BCUT2D eigenvalue weighted by molar-refractivity contribution is -0.135. The molecule has 0 aromatic rings. The van der Waals surface area contributed by atoms with Gasteiger partial charge in [-0.15, -0.1) is 0 Å². The van der Waals surface area contributed by atoms with Gasteiger partial charge in [0.1, 0.15) is 0 Å². The number of amides is 1. The second kappa shape index (κ2) is 8.42. The molecule has 6 nitrogen and oxygen atoms in total. The maximum absolute atomic E-state index is 12.7. The van der Waals surface area contributed by atoms with Crippen molar-refractivity contribution >= 4 is 5.91 Å². The number of hydrogen-bond acceptors (Lipinski definition) is 5. The minimum absolute atomic E-state index is 0.134. The summed E-state index contributed by atoms with van der Waals surface area (Å²) in [6, 6.07) is 0.134. The molecule has 3 aliphatic rings. The maximum atomic E-state index is 12.7. The molecule has 0 radical (unpaired) electrons. The Balaban J connectivity index is 1.42. The minimum Gasteiger partial charge on any atom is -0.379 e. The van der Waals surface area contributed by atoms with Crippen molar-refractivity contribution in [3.63, 3.8) is 0 Å². The first-order valence-electron chi connectivity index (χ1n) is 9.25. The molecule has 3 rings (SSSR count). The molecule has 1 amide bonds. The number of likely N-dealkylation sites (tertiary alicyclic amines) is 1. The fraction of sp³-hybridized carbons (Fsp3) is 0.941. The van der Waals surface area contributed by atoms with E-state index in [4.69, 9.17) is 4.74 Å². The zero-order chi connectivity index (χ0) is 16.1. The molecule has 3 fully saturated rings. The Hall–Kier alpha value is -0.690. The van der Waals surface area contributed by atoms with Gasteiger partial charge in [0.2, 0.25) is 5.91 Å². The van der Waals surface area contributed by atoms with Crippen LogP contribution in [0.4, 0.5) is 0 Å². The van der Waals surface area contributed by atoms with Gasteiger partial charge in [-0.3, -0.25) is 14.6 Å². The molecule has 0 aliphatic carbocycles. The topological polar surface area (TPSA) is 39.3 Å². The molecule has 6 heteroatoms. The standard InChI is InChI=1S/C17H32N4O2/c1-18-5-2-4-16(18)17(22)21-7-3-6-19(10-11-21)8-9-20-12-14-23-15-13-20/h16H,2-15H2,1H3/t16-/m0/s1. The highest BCUT2D eigenvalue weighted by molar-refractivity contribution is 5.82. The fourth-order valence-electron chi connectivity index (χ4n) is 3.96. The van der Waals surface area contributed by atoms with Crippen molar-refractivity contribution in [1.29, 1.82) is 0 Å². The van der Waals surface area contributed by atoms with E-state index in [1.54, 1.807) is 0 Å². The van der Waals surface area contributed by atoms with Crippen LogP contribution in [-0.2, 0) is 9.53 Å². The largest absolute Gasteiger partial charge is 0.379 e. The van der Waals surface area contributed by atoms with Gasteiger partial charge in [0.15, 0.2) is 0 Å². The number of likely N-dealkylation sites (N-methyl/N-ethyl adjacent to an activating group) is 1. The van der Waals surface area contributed by atoms with E-state index in [9.17, 15) is 4.79 Å². The molecule has 0 aromatic heterocycles. The van der Waals surface area contributed by atoms with Crippen LogP contribution in [0, 0.1) is 0 Å². The number of ether oxygens (including phenoxy) is 1. The van der Waals surface area contributed by atoms with E-state index in [2.05, 4.69) is 26.6 Å². The van der Waals surface area contributed by atoms with Gasteiger partial charge in [-0.05, 0) is 39.4 Å². The molecule has 0 saturated carbocycles. The zero-order valence-corrected chi connectivity index (χ0v) is 14.6. The summed E-state index contributed by atoms with van der Waals surface area (Å²) in [5.74, 6) is 0.361. The van der Waals surface area contributed by atoms with Crippen LogP contribution >= 0.6 is 0 Å². The summed E-state index contributed by atoms with van der Waals surface area (Å²) in [5, 5.41) is 0. The Morgan fingerprint density at radius 3 is 2.35 bits per heavy atom. The third-order valence-corrected chi connectivity index (χ3v) is 5.54. The molecular weight excluding hydrogens is 292 g/mol. The highest BCUT2D eigenvalue weighted by Gasteiger charge is 2.32. The third kappa shape index (κ3) is 4.66. The number of hydrogen-bond donors (Lipinski definition) is 0. The second-order valence-electron chi connectivity index (χ2n) is 7.11. The molecule has 1 atom stereocenters. The van der Waals surface area contributed by atoms with E-state index >= 15 is 0 Å². The Labute approximate surface area is 140 Å². The maximum Gasteiger partial charge on any atom is 0.239 e. The summed E-state index contributed by atoms with van der Waals surface area (Å²) in [6.45, 7) is 11.1. The van der Waals surface area contributed by atoms with Gasteiger partial charge in [0.05, 0.1) is 19.3 Å². The number of nitrogens with zero attached hydrogens (tertiary/aromatic N) is 4. The summed E-state index contributed by atoms with van der Waals surface area (Å²) in [6.07, 6.45) is 3.30. The predicted octanol–water partition coefficient (Wildman–Crippen LogP) is -0.0529. The van der Waals surface area contributed by atoms with Crippen molar-refractivity contribution in [2.75, 3.05) is 79.2 Å². The molecule has 0 bridgehead atoms. The van der Waals surface area contributed by atoms with E-state index in [0.29, 0.717) is 5.91 Å². The summed E-state index contributed by atoms with van der Waals surface area (Å²) in [4.78, 5) is 22.1. The van der Waals surface area contributed by atoms with Crippen LogP contribution in [-0.4, -0.2) is 111 Å². The van der Waals surface area contributed by atoms with Gasteiger partial charge < -0.3 is 14.5 Å². The van der Waals surface area contributed by atoms with Crippen molar-refractivity contribution in [3.05, 3.63) is 0 Å². The number of morpholine rings is 1. The quantitative estimate of drug-likeness (QED) is 0.725. The lowest BCUT2D eigenvalue weighted by atomic mass is 10.2. The normalized spacial score (nSPS) is 28.9. The Morgan fingerprint density at radius 2 is 1.65 bits per heavy atom. The van der Waals surface area contributed by atoms with E-state index < -0.39 is 0 Å². The number of rotatable bonds is 4. The Bertz CT molecular complexity index is 387. The van der Waals surface area contributed by atoms with Gasteiger partial charge in [-0.1, -0.05) is 0 Å². The zero-order valence-electron chi connectivity index (χ0n) is 14.6. The lowest BCUT2D eigenvalue weighted by Crippen LogP contribution is -2.46. The number of carbonyl (C=O) groups excluding carboxylic acids is 1. The third-order valence-electron chi connectivity index (χ3n) is 5.54. The molecule has 0 spiro atoms. The second-order valence-corrected chi connectivity index (χ2v) is 7.11. The van der Waals surface area contributed by atoms with Crippen LogP contribution in [0.25, 0.3) is 0 Å². The van der Waals surface area contributed by atoms with Crippen molar-refractivity contribution < 1.29 is 9.53 Å². The highest BCUT2D eigenvalue weighted by Crippen LogP contribution is 2.18. The van der Waals surface area contributed by atoms with Crippen LogP contribution < -0.4 is 0 Å². The van der Waals surface area contributed by atoms with Gasteiger partial charge in [-0.2, -0.15) is 0 Å². The molecule has 0 N–H and O–H groups in total. The van der Waals surface area contributed by atoms with Crippen LogP contribution in [0.2, 0.25) is 0 Å². The van der Waals surface area contributed by atoms with Crippen LogP contribution in [0.15, 0.2) is 0 Å². The first kappa shape index (κ1) is 17.1. The number of carbonyl (C=O) groups is 1. The monoisotopic (exact) mass is 324 g/mol. The Kier molecular flexibility index (Phi) is 6.28. The molecule has 3 aliphatic heterocycles. The minimum atomic E-state index is 0.134. The smallest absolute Gasteiger partial charge is 0.239 e. The van der Waals surface area contributed by atoms with E-state index in [1.165, 1.54) is 0 Å². The van der Waals surface area contributed by atoms with Crippen LogP contribution in [0.3, 0.4) is 0 Å². The van der Waals surface area contributed by atoms with Crippen LogP contribution in [0.1, 0.15) is 19.3 Å². The fourth-order valence-corrected chi connectivity index (χ4v) is 3.96. The van der Waals surface area contributed by atoms with Crippen LogP contribution in [0.5, 0.6) is 0 Å². The first-order valence-corrected chi connectivity index (χ1v) is 9.25. The molecular formula is C17H32N4O2. The van der Waals surface area contributed by atoms with E-state index in [-0.39, 0.29) is 6.04 Å². The van der Waals surface area contributed by atoms with E-state index in [1.807, 2.05) is 0 Å². The van der Waals surface area contributed by atoms with Crippen molar-refractivity contribution in [2.45, 2.75) is 25.3 Å². The molecule has 0 unspecified atom stereocenters. The average molecular weight is 324 g/mol. The summed E-state index contributed by atoms with van der Waals surface area (Å²) < 4.78 is 5.41. The molecule has 132 valence electrons. The van der Waals surface area contributed by atoms with Gasteiger partial charge in [0.25, 0.3) is 0 Å². The lowest BCUT2D eigenvalue weighted by Gasteiger charge is -2.30. The molecule has 3 saturated heterocycles. The highest BCUT2D eigenvalue weighted by atomic mass is 16.5. The summed E-state index contributed by atoms with van der Waals surface area (Å²) >= 11 is 0. The van der Waals surface area contributed by atoms with Crippen molar-refractivity contribution in [2.24, 2.45) is 0 Å². The first-order chi connectivity index (χ1) is 11.2. The molecule has 0 aromatic carbocycles. The van der Waals surface area contributed by atoms with E-state index in [0.717, 1.165) is 91.4 Å². The SMILES string of the molecule is CN1CCC[C@H]1C(=O)N1CCCN(CCN2CCOCC2)CC1. The van der Waals surface area contributed by atoms with Gasteiger partial charge in [-0.25, -0.2) is 0 Å². The molecule has 23 heavy (non-hydrogen) atoms. The van der Waals surface area contributed by atoms with Crippen molar-refractivity contribution in [1.82, 2.24) is 19.6 Å². The average Bonchev–Trinajstić information content (AvgIpc) is 2.87. The van der Waals surface area contributed by atoms with Crippen molar-refractivity contribution in [3.8, 4) is 0 Å². The molecule has 3 heterocycles. The summed E-state index contributed by atoms with van der Waals surface area (Å²) in [5.41, 5.74) is 0. The van der Waals surface area contributed by atoms with Gasteiger partial charge in [0, 0.05) is 45.8 Å². The summed E-state index contributed by atoms with van der Waals surface area (Å²) in [7, 11) is 2.09.